The van der Waals surface area contributed by atoms with Crippen molar-refractivity contribution in [2.24, 2.45) is 0 Å². The Labute approximate surface area is 219 Å². The van der Waals surface area contributed by atoms with Crippen LogP contribution in [0.3, 0.4) is 0 Å². The predicted molar refractivity (Wildman–Crippen MR) is 141 cm³/mol. The topological polar surface area (TPSA) is 97.0 Å². The first-order chi connectivity index (χ1) is 17.8. The molecular formula is C28H26ClN3O5. The number of nitrogens with one attached hydrogen (secondary N) is 2. The molecule has 3 aromatic rings. The van der Waals surface area contributed by atoms with Gasteiger partial charge in [-0.2, -0.15) is 0 Å². The van der Waals surface area contributed by atoms with E-state index in [0.717, 1.165) is 16.0 Å². The first-order valence-electron chi connectivity index (χ1n) is 11.7. The molecule has 0 bridgehead atoms. The third kappa shape index (κ3) is 6.48. The molecule has 0 saturated carbocycles. The number of carbonyl (C=O) groups excluding carboxylic acids is 3. The van der Waals surface area contributed by atoms with Crippen LogP contribution in [0.2, 0.25) is 5.02 Å². The molecule has 4 amide bonds. The molecule has 190 valence electrons. The molecule has 37 heavy (non-hydrogen) atoms. The van der Waals surface area contributed by atoms with Gasteiger partial charge in [0.2, 0.25) is 5.91 Å². The molecular weight excluding hydrogens is 494 g/mol. The second kappa shape index (κ2) is 11.6. The third-order valence-corrected chi connectivity index (χ3v) is 5.85. The van der Waals surface area contributed by atoms with Crippen LogP contribution in [0.4, 0.5) is 10.5 Å². The van der Waals surface area contributed by atoms with Gasteiger partial charge in [-0.3, -0.25) is 9.59 Å². The van der Waals surface area contributed by atoms with E-state index in [1.54, 1.807) is 36.4 Å². The lowest BCUT2D eigenvalue weighted by Gasteiger charge is -2.13. The van der Waals surface area contributed by atoms with Crippen molar-refractivity contribution in [2.75, 3.05) is 18.5 Å². The monoisotopic (exact) mass is 519 g/mol. The van der Waals surface area contributed by atoms with Crippen LogP contribution in [-0.2, 0) is 16.2 Å². The van der Waals surface area contributed by atoms with Crippen LogP contribution in [0.1, 0.15) is 23.6 Å². The van der Waals surface area contributed by atoms with Gasteiger partial charge in [-0.15, -0.1) is 0 Å². The Balaban J connectivity index is 1.45. The minimum atomic E-state index is -0.666. The lowest BCUT2D eigenvalue weighted by molar-refractivity contribution is -0.127. The number of carbonyl (C=O) groups is 3. The first kappa shape index (κ1) is 25.8. The fourth-order valence-electron chi connectivity index (χ4n) is 3.72. The average Bonchev–Trinajstić information content (AvgIpc) is 3.12. The quantitative estimate of drug-likeness (QED) is 0.301. The van der Waals surface area contributed by atoms with Crippen molar-refractivity contribution in [3.63, 3.8) is 0 Å². The zero-order valence-corrected chi connectivity index (χ0v) is 21.2. The minimum Gasteiger partial charge on any atom is -0.490 e. The van der Waals surface area contributed by atoms with E-state index in [1.807, 2.05) is 44.2 Å². The Morgan fingerprint density at radius 3 is 2.59 bits per heavy atom. The van der Waals surface area contributed by atoms with Gasteiger partial charge in [-0.05, 0) is 61.4 Å². The third-order valence-electron chi connectivity index (χ3n) is 5.49. The van der Waals surface area contributed by atoms with Gasteiger partial charge >= 0.3 is 6.03 Å². The summed E-state index contributed by atoms with van der Waals surface area (Å²) >= 11 is 6.21. The number of urea groups is 1. The molecule has 1 saturated heterocycles. The number of amides is 4. The summed E-state index contributed by atoms with van der Waals surface area (Å²) in [6, 6.07) is 19.2. The van der Waals surface area contributed by atoms with Crippen molar-refractivity contribution in [1.29, 1.82) is 0 Å². The second-order valence-electron chi connectivity index (χ2n) is 8.32. The van der Waals surface area contributed by atoms with Crippen molar-refractivity contribution in [3.8, 4) is 11.5 Å². The van der Waals surface area contributed by atoms with Crippen molar-refractivity contribution >= 4 is 41.2 Å². The Morgan fingerprint density at radius 1 is 1.03 bits per heavy atom. The van der Waals surface area contributed by atoms with Gasteiger partial charge in [0.05, 0.1) is 6.61 Å². The maximum absolute atomic E-state index is 12.9. The summed E-state index contributed by atoms with van der Waals surface area (Å²) in [4.78, 5) is 38.6. The summed E-state index contributed by atoms with van der Waals surface area (Å²) in [5.41, 5.74) is 3.07. The van der Waals surface area contributed by atoms with Crippen LogP contribution in [0.5, 0.6) is 11.5 Å². The van der Waals surface area contributed by atoms with Gasteiger partial charge in [-0.1, -0.05) is 48.0 Å². The second-order valence-corrected chi connectivity index (χ2v) is 8.72. The summed E-state index contributed by atoms with van der Waals surface area (Å²) in [7, 11) is 0. The fraction of sp³-hybridized carbons (Fsp3) is 0.179. The number of hydrogen-bond acceptors (Lipinski definition) is 5. The smallest absolute Gasteiger partial charge is 0.329 e. The summed E-state index contributed by atoms with van der Waals surface area (Å²) in [6.45, 7) is 4.01. The van der Waals surface area contributed by atoms with E-state index >= 15 is 0 Å². The highest BCUT2D eigenvalue weighted by atomic mass is 35.5. The molecule has 1 aliphatic rings. The molecule has 8 nitrogen and oxygen atoms in total. The van der Waals surface area contributed by atoms with E-state index in [1.165, 1.54) is 6.08 Å². The number of hydrogen-bond donors (Lipinski definition) is 2. The number of rotatable bonds is 9. The van der Waals surface area contributed by atoms with Crippen LogP contribution in [0.25, 0.3) is 6.08 Å². The highest BCUT2D eigenvalue weighted by molar-refractivity contribution is 6.31. The van der Waals surface area contributed by atoms with Gasteiger partial charge in [0.15, 0.2) is 11.5 Å². The lowest BCUT2D eigenvalue weighted by atomic mass is 10.1. The van der Waals surface area contributed by atoms with Crippen molar-refractivity contribution in [1.82, 2.24) is 10.2 Å². The van der Waals surface area contributed by atoms with Crippen molar-refractivity contribution in [3.05, 3.63) is 94.1 Å². The maximum atomic E-state index is 12.9. The molecule has 0 atom stereocenters. The van der Waals surface area contributed by atoms with Gasteiger partial charge in [0, 0.05) is 16.3 Å². The first-order valence-corrected chi connectivity index (χ1v) is 12.1. The van der Waals surface area contributed by atoms with E-state index in [4.69, 9.17) is 21.1 Å². The molecule has 0 radical (unpaired) electrons. The molecule has 0 aliphatic carbocycles. The van der Waals surface area contributed by atoms with Gasteiger partial charge in [0.25, 0.3) is 5.91 Å². The van der Waals surface area contributed by atoms with Crippen molar-refractivity contribution < 1.29 is 23.9 Å². The molecule has 3 aromatic carbocycles. The molecule has 0 unspecified atom stereocenters. The molecule has 0 aromatic heterocycles. The standard InChI is InChI=1S/C28H26ClN3O5/c1-3-36-25-15-19(11-12-24(25)37-17-20-8-4-5-10-22(20)29)14-23-27(34)32(28(35)31-23)16-26(33)30-21-9-6-7-18(2)13-21/h4-15H,3,16-17H2,1-2H3,(H,30,33)(H,31,35)/b23-14+. The predicted octanol–water partition coefficient (Wildman–Crippen LogP) is 5.16. The summed E-state index contributed by atoms with van der Waals surface area (Å²) in [5.74, 6) is -0.0781. The molecule has 9 heteroatoms. The Hall–Kier alpha value is -4.30. The zero-order valence-electron chi connectivity index (χ0n) is 20.4. The Morgan fingerprint density at radius 2 is 1.84 bits per heavy atom. The van der Waals surface area contributed by atoms with Gasteiger partial charge in [0.1, 0.15) is 18.8 Å². The van der Waals surface area contributed by atoms with E-state index in [2.05, 4.69) is 10.6 Å². The Bertz CT molecular complexity index is 1370. The molecule has 0 spiro atoms. The number of imide groups is 1. The number of halogens is 1. The van der Waals surface area contributed by atoms with E-state index < -0.39 is 24.4 Å². The summed E-state index contributed by atoms with van der Waals surface area (Å²) in [5, 5.41) is 5.84. The number of ether oxygens (including phenoxy) is 2. The number of aryl methyl sites for hydroxylation is 1. The summed E-state index contributed by atoms with van der Waals surface area (Å²) < 4.78 is 11.6. The normalized spacial score (nSPS) is 14.0. The van der Waals surface area contributed by atoms with E-state index in [9.17, 15) is 14.4 Å². The van der Waals surface area contributed by atoms with Crippen LogP contribution >= 0.6 is 11.6 Å². The number of benzene rings is 3. The molecule has 2 N–H and O–H groups in total. The number of anilines is 1. The average molecular weight is 520 g/mol. The largest absolute Gasteiger partial charge is 0.490 e. The van der Waals surface area contributed by atoms with E-state index in [-0.39, 0.29) is 12.3 Å². The highest BCUT2D eigenvalue weighted by Crippen LogP contribution is 2.31. The van der Waals surface area contributed by atoms with Gasteiger partial charge < -0.3 is 20.1 Å². The number of nitrogens with zero attached hydrogens (tertiary/aromatic N) is 1. The maximum Gasteiger partial charge on any atom is 0.329 e. The van der Waals surface area contributed by atoms with Crippen LogP contribution in [0.15, 0.2) is 72.4 Å². The highest BCUT2D eigenvalue weighted by Gasteiger charge is 2.35. The molecule has 1 heterocycles. The fourth-order valence-corrected chi connectivity index (χ4v) is 3.91. The SMILES string of the molecule is CCOc1cc(/C=C2/NC(=O)N(CC(=O)Nc3cccc(C)c3)C2=O)ccc1OCc1ccccc1Cl. The molecule has 1 aliphatic heterocycles. The molecule has 4 rings (SSSR count). The zero-order chi connectivity index (χ0) is 26.4. The van der Waals surface area contributed by atoms with Gasteiger partial charge in [-0.25, -0.2) is 9.69 Å². The lowest BCUT2D eigenvalue weighted by Crippen LogP contribution is -2.38. The summed E-state index contributed by atoms with van der Waals surface area (Å²) in [6.07, 6.45) is 1.53. The molecule has 1 fully saturated rings. The van der Waals surface area contributed by atoms with Crippen LogP contribution in [0, 0.1) is 6.92 Å². The Kier molecular flexibility index (Phi) is 8.10. The van der Waals surface area contributed by atoms with Crippen molar-refractivity contribution in [2.45, 2.75) is 20.5 Å². The van der Waals surface area contributed by atoms with Crippen LogP contribution in [-0.4, -0.2) is 35.9 Å². The minimum absolute atomic E-state index is 0.0561. The van der Waals surface area contributed by atoms with Crippen LogP contribution < -0.4 is 20.1 Å². The van der Waals surface area contributed by atoms with E-state index in [0.29, 0.717) is 34.4 Å².